The van der Waals surface area contributed by atoms with Gasteiger partial charge in [0.2, 0.25) is 5.88 Å². The van der Waals surface area contributed by atoms with Crippen molar-refractivity contribution in [2.24, 2.45) is 0 Å². The monoisotopic (exact) mass is 411 g/mol. The first-order chi connectivity index (χ1) is 14.5. The highest BCUT2D eigenvalue weighted by atomic mass is 16.5. The summed E-state index contributed by atoms with van der Waals surface area (Å²) in [6, 6.07) is 8.85. The standard InChI is InChI=1S/C22H29N5O3/c1-16(2)18-5-3-17(4-6-18)13-25-14-19(15-25)30-21-12-23-20(11-24-21)26-7-9-27(10-8-26)22(28)29/h3-6,11-12,16,19H,7-10,13-15H2,1-2H3,(H,28,29). The van der Waals surface area contributed by atoms with Gasteiger partial charge in [-0.2, -0.15) is 0 Å². The third-order valence-corrected chi connectivity index (χ3v) is 5.75. The van der Waals surface area contributed by atoms with Crippen LogP contribution in [0.25, 0.3) is 0 Å². The molecular formula is C22H29N5O3. The smallest absolute Gasteiger partial charge is 0.407 e. The molecule has 160 valence electrons. The first-order valence-corrected chi connectivity index (χ1v) is 10.5. The molecule has 0 unspecified atom stereocenters. The van der Waals surface area contributed by atoms with E-state index in [-0.39, 0.29) is 6.10 Å². The highest BCUT2D eigenvalue weighted by Crippen LogP contribution is 2.21. The molecule has 4 rings (SSSR count). The van der Waals surface area contributed by atoms with Crippen molar-refractivity contribution in [3.63, 3.8) is 0 Å². The SMILES string of the molecule is CC(C)c1ccc(CN2CC(Oc3cnc(N4CCN(C(=O)O)CC4)cn3)C2)cc1. The fourth-order valence-electron chi connectivity index (χ4n) is 3.82. The molecule has 0 spiro atoms. The Morgan fingerprint density at radius 3 is 2.37 bits per heavy atom. The fraction of sp³-hybridized carbons (Fsp3) is 0.500. The van der Waals surface area contributed by atoms with Crippen molar-refractivity contribution >= 4 is 11.9 Å². The van der Waals surface area contributed by atoms with Crippen LogP contribution in [0.4, 0.5) is 10.6 Å². The van der Waals surface area contributed by atoms with E-state index in [1.54, 1.807) is 12.4 Å². The van der Waals surface area contributed by atoms with Crippen molar-refractivity contribution in [1.82, 2.24) is 19.8 Å². The van der Waals surface area contributed by atoms with E-state index in [2.05, 4.69) is 53.0 Å². The van der Waals surface area contributed by atoms with E-state index >= 15 is 0 Å². The largest absolute Gasteiger partial charge is 0.471 e. The lowest BCUT2D eigenvalue weighted by Gasteiger charge is -2.38. The van der Waals surface area contributed by atoms with Crippen LogP contribution in [0.5, 0.6) is 5.88 Å². The summed E-state index contributed by atoms with van der Waals surface area (Å²) < 4.78 is 5.94. The van der Waals surface area contributed by atoms with Gasteiger partial charge >= 0.3 is 6.09 Å². The van der Waals surface area contributed by atoms with Crippen molar-refractivity contribution < 1.29 is 14.6 Å². The first-order valence-electron chi connectivity index (χ1n) is 10.5. The Kier molecular flexibility index (Phi) is 6.03. The highest BCUT2D eigenvalue weighted by Gasteiger charge is 2.29. The number of ether oxygens (including phenoxy) is 1. The summed E-state index contributed by atoms with van der Waals surface area (Å²) in [5.74, 6) is 1.85. The van der Waals surface area contributed by atoms with E-state index in [9.17, 15) is 4.79 Å². The molecular weight excluding hydrogens is 382 g/mol. The van der Waals surface area contributed by atoms with Gasteiger partial charge in [0.05, 0.1) is 12.4 Å². The molecule has 8 heteroatoms. The van der Waals surface area contributed by atoms with Crippen molar-refractivity contribution in [3.05, 3.63) is 47.8 Å². The molecule has 2 fully saturated rings. The number of anilines is 1. The maximum atomic E-state index is 11.0. The summed E-state index contributed by atoms with van der Waals surface area (Å²) >= 11 is 0. The molecule has 1 aromatic heterocycles. The third-order valence-electron chi connectivity index (χ3n) is 5.75. The number of carbonyl (C=O) groups is 1. The molecule has 0 saturated carbocycles. The number of nitrogens with zero attached hydrogens (tertiary/aromatic N) is 5. The first kappa shape index (κ1) is 20.4. The van der Waals surface area contributed by atoms with E-state index in [4.69, 9.17) is 9.84 Å². The zero-order valence-corrected chi connectivity index (χ0v) is 17.6. The van der Waals surface area contributed by atoms with Crippen molar-refractivity contribution in [3.8, 4) is 5.88 Å². The molecule has 0 radical (unpaired) electrons. The Balaban J connectivity index is 1.21. The van der Waals surface area contributed by atoms with E-state index < -0.39 is 6.09 Å². The van der Waals surface area contributed by atoms with Crippen LogP contribution in [0.15, 0.2) is 36.7 Å². The molecule has 1 amide bonds. The van der Waals surface area contributed by atoms with E-state index in [0.29, 0.717) is 38.0 Å². The fourth-order valence-corrected chi connectivity index (χ4v) is 3.82. The summed E-state index contributed by atoms with van der Waals surface area (Å²) in [7, 11) is 0. The number of rotatable bonds is 6. The molecule has 0 atom stereocenters. The maximum absolute atomic E-state index is 11.0. The number of carboxylic acid groups (broad SMARTS) is 1. The van der Waals surface area contributed by atoms with Gasteiger partial charge in [0, 0.05) is 45.8 Å². The van der Waals surface area contributed by atoms with Crippen molar-refractivity contribution in [2.45, 2.75) is 32.4 Å². The second-order valence-corrected chi connectivity index (χ2v) is 8.30. The van der Waals surface area contributed by atoms with Gasteiger partial charge in [0.15, 0.2) is 0 Å². The number of benzene rings is 1. The number of aromatic nitrogens is 2. The normalized spacial score (nSPS) is 17.8. The Labute approximate surface area is 177 Å². The molecule has 2 aliphatic heterocycles. The summed E-state index contributed by atoms with van der Waals surface area (Å²) in [6.45, 7) is 9.32. The lowest BCUT2D eigenvalue weighted by atomic mass is 10.0. The Bertz CT molecular complexity index is 842. The average molecular weight is 412 g/mol. The molecule has 0 aliphatic carbocycles. The minimum atomic E-state index is -0.869. The van der Waals surface area contributed by atoms with Gasteiger partial charge in [-0.1, -0.05) is 38.1 Å². The molecule has 2 aromatic rings. The van der Waals surface area contributed by atoms with Crippen LogP contribution in [0, 0.1) is 0 Å². The second-order valence-electron chi connectivity index (χ2n) is 8.30. The van der Waals surface area contributed by atoms with E-state index in [0.717, 1.165) is 25.5 Å². The van der Waals surface area contributed by atoms with Crippen LogP contribution in [0.1, 0.15) is 30.9 Å². The van der Waals surface area contributed by atoms with Gasteiger partial charge in [0.1, 0.15) is 11.9 Å². The molecule has 8 nitrogen and oxygen atoms in total. The topological polar surface area (TPSA) is 82.0 Å². The van der Waals surface area contributed by atoms with Gasteiger partial charge in [-0.25, -0.2) is 14.8 Å². The third kappa shape index (κ3) is 4.81. The molecule has 2 aliphatic rings. The van der Waals surface area contributed by atoms with Gasteiger partial charge < -0.3 is 19.6 Å². The number of likely N-dealkylation sites (tertiary alicyclic amines) is 1. The van der Waals surface area contributed by atoms with Gasteiger partial charge in [-0.15, -0.1) is 0 Å². The predicted molar refractivity (Wildman–Crippen MR) is 114 cm³/mol. The van der Waals surface area contributed by atoms with Crippen LogP contribution < -0.4 is 9.64 Å². The zero-order chi connectivity index (χ0) is 21.1. The van der Waals surface area contributed by atoms with E-state index in [1.165, 1.54) is 16.0 Å². The predicted octanol–water partition coefficient (Wildman–Crippen LogP) is 2.66. The van der Waals surface area contributed by atoms with Gasteiger partial charge in [-0.3, -0.25) is 4.90 Å². The Morgan fingerprint density at radius 2 is 1.80 bits per heavy atom. The lowest BCUT2D eigenvalue weighted by Crippen LogP contribution is -2.53. The number of amides is 1. The van der Waals surface area contributed by atoms with Crippen molar-refractivity contribution in [1.29, 1.82) is 0 Å². The molecule has 0 bridgehead atoms. The van der Waals surface area contributed by atoms with Crippen LogP contribution in [-0.4, -0.2) is 76.3 Å². The summed E-state index contributed by atoms with van der Waals surface area (Å²) in [4.78, 5) is 25.7. The van der Waals surface area contributed by atoms with Crippen molar-refractivity contribution in [2.75, 3.05) is 44.2 Å². The van der Waals surface area contributed by atoms with Gasteiger partial charge in [0.25, 0.3) is 0 Å². The van der Waals surface area contributed by atoms with Crippen LogP contribution >= 0.6 is 0 Å². The molecule has 1 N–H and O–H groups in total. The van der Waals surface area contributed by atoms with Crippen LogP contribution in [0.2, 0.25) is 0 Å². The second kappa shape index (κ2) is 8.87. The maximum Gasteiger partial charge on any atom is 0.407 e. The van der Waals surface area contributed by atoms with Crippen LogP contribution in [0.3, 0.4) is 0 Å². The molecule has 30 heavy (non-hydrogen) atoms. The van der Waals surface area contributed by atoms with Gasteiger partial charge in [-0.05, 0) is 17.0 Å². The number of hydrogen-bond donors (Lipinski definition) is 1. The number of hydrogen-bond acceptors (Lipinski definition) is 6. The van der Waals surface area contributed by atoms with Crippen LogP contribution in [-0.2, 0) is 6.54 Å². The highest BCUT2D eigenvalue weighted by molar-refractivity contribution is 5.65. The van der Waals surface area contributed by atoms with E-state index in [1.807, 2.05) is 4.90 Å². The minimum Gasteiger partial charge on any atom is -0.471 e. The number of piperazine rings is 1. The summed E-state index contributed by atoms with van der Waals surface area (Å²) in [6.07, 6.45) is 2.64. The molecule has 2 saturated heterocycles. The lowest BCUT2D eigenvalue weighted by molar-refractivity contribution is 0.0116. The summed E-state index contributed by atoms with van der Waals surface area (Å²) in [5, 5.41) is 9.04. The quantitative estimate of drug-likeness (QED) is 0.782. The average Bonchev–Trinajstić information content (AvgIpc) is 2.73. The Hall–Kier alpha value is -2.87. The zero-order valence-electron chi connectivity index (χ0n) is 17.6. The minimum absolute atomic E-state index is 0.138. The summed E-state index contributed by atoms with van der Waals surface area (Å²) in [5.41, 5.74) is 2.69. The Morgan fingerprint density at radius 1 is 1.10 bits per heavy atom. The molecule has 3 heterocycles. The molecule has 1 aromatic carbocycles.